The number of halogens is 1. The predicted molar refractivity (Wildman–Crippen MR) is 84.2 cm³/mol. The highest BCUT2D eigenvalue weighted by Gasteiger charge is 2.12. The molecule has 0 saturated heterocycles. The fourth-order valence-electron chi connectivity index (χ4n) is 2.32. The lowest BCUT2D eigenvalue weighted by molar-refractivity contribution is 0.264. The van der Waals surface area contributed by atoms with Crippen molar-refractivity contribution >= 4 is 0 Å². The van der Waals surface area contributed by atoms with Crippen molar-refractivity contribution in [1.29, 1.82) is 0 Å². The molecule has 2 aromatic rings. The first-order chi connectivity index (χ1) is 10.2. The molecule has 0 aliphatic carbocycles. The van der Waals surface area contributed by atoms with Gasteiger partial charge < -0.3 is 10.1 Å². The van der Waals surface area contributed by atoms with Crippen molar-refractivity contribution in [2.45, 2.75) is 26.3 Å². The second kappa shape index (κ2) is 7.79. The third kappa shape index (κ3) is 4.87. The molecule has 2 nitrogen and oxygen atoms in total. The van der Waals surface area contributed by atoms with Crippen LogP contribution in [0.3, 0.4) is 0 Å². The van der Waals surface area contributed by atoms with Gasteiger partial charge in [-0.2, -0.15) is 0 Å². The predicted octanol–water partition coefficient (Wildman–Crippen LogP) is 3.73. The van der Waals surface area contributed by atoms with Gasteiger partial charge in [-0.25, -0.2) is 4.39 Å². The minimum atomic E-state index is -0.185. The summed E-state index contributed by atoms with van der Waals surface area (Å²) in [4.78, 5) is 0. The summed E-state index contributed by atoms with van der Waals surface area (Å²) in [6, 6.07) is 14.9. The van der Waals surface area contributed by atoms with Crippen molar-refractivity contribution in [3.05, 3.63) is 65.5 Å². The maximum absolute atomic E-state index is 13.4. The Morgan fingerprint density at radius 2 is 1.90 bits per heavy atom. The Morgan fingerprint density at radius 3 is 2.62 bits per heavy atom. The number of likely N-dealkylation sites (N-methyl/N-ethyl adjacent to an activating group) is 1. The molecule has 0 bridgehead atoms. The van der Waals surface area contributed by atoms with Crippen LogP contribution in [0.15, 0.2) is 48.5 Å². The summed E-state index contributed by atoms with van der Waals surface area (Å²) in [7, 11) is 0. The van der Waals surface area contributed by atoms with Gasteiger partial charge in [0.2, 0.25) is 0 Å². The molecule has 2 rings (SSSR count). The zero-order valence-electron chi connectivity index (χ0n) is 12.6. The number of nitrogens with one attached hydrogen (secondary N) is 1. The smallest absolute Gasteiger partial charge is 0.123 e. The van der Waals surface area contributed by atoms with Crippen LogP contribution in [0, 0.1) is 12.7 Å². The number of benzene rings is 2. The Labute approximate surface area is 126 Å². The normalized spacial score (nSPS) is 12.1. The highest BCUT2D eigenvalue weighted by Crippen LogP contribution is 2.14. The lowest BCUT2D eigenvalue weighted by Crippen LogP contribution is -2.36. The standard InChI is InChI=1S/C18H22FNO/c1-3-20-17(13-21-18-7-5-4-6-8-18)12-15-11-16(19)10-9-14(15)2/h4-11,17,20H,3,12-13H2,1-2H3. The van der Waals surface area contributed by atoms with E-state index in [1.165, 1.54) is 6.07 Å². The molecule has 21 heavy (non-hydrogen) atoms. The van der Waals surface area contributed by atoms with E-state index in [1.54, 1.807) is 6.07 Å². The van der Waals surface area contributed by atoms with Gasteiger partial charge in [0, 0.05) is 6.04 Å². The van der Waals surface area contributed by atoms with Crippen LogP contribution in [-0.4, -0.2) is 19.2 Å². The van der Waals surface area contributed by atoms with Crippen LogP contribution in [0.5, 0.6) is 5.75 Å². The average Bonchev–Trinajstić information content (AvgIpc) is 2.50. The molecule has 0 radical (unpaired) electrons. The first-order valence-corrected chi connectivity index (χ1v) is 7.35. The van der Waals surface area contributed by atoms with Crippen molar-refractivity contribution in [2.24, 2.45) is 0 Å². The van der Waals surface area contributed by atoms with Crippen molar-refractivity contribution < 1.29 is 9.13 Å². The lowest BCUT2D eigenvalue weighted by atomic mass is 10.0. The highest BCUT2D eigenvalue weighted by molar-refractivity contribution is 5.27. The molecule has 0 spiro atoms. The highest BCUT2D eigenvalue weighted by atomic mass is 19.1. The molecule has 1 N–H and O–H groups in total. The Morgan fingerprint density at radius 1 is 1.14 bits per heavy atom. The fraction of sp³-hybridized carbons (Fsp3) is 0.333. The van der Waals surface area contributed by atoms with Gasteiger partial charge >= 0.3 is 0 Å². The number of hydrogen-bond donors (Lipinski definition) is 1. The van der Waals surface area contributed by atoms with Gasteiger partial charge in [-0.15, -0.1) is 0 Å². The average molecular weight is 287 g/mol. The summed E-state index contributed by atoms with van der Waals surface area (Å²) in [5.41, 5.74) is 2.14. The zero-order valence-corrected chi connectivity index (χ0v) is 12.6. The molecule has 0 aliphatic rings. The van der Waals surface area contributed by atoms with Crippen LogP contribution in [0.1, 0.15) is 18.1 Å². The van der Waals surface area contributed by atoms with E-state index in [0.29, 0.717) is 6.61 Å². The molecular formula is C18H22FNO. The monoisotopic (exact) mass is 287 g/mol. The second-order valence-electron chi connectivity index (χ2n) is 5.15. The second-order valence-corrected chi connectivity index (χ2v) is 5.15. The molecule has 0 aliphatic heterocycles. The van der Waals surface area contributed by atoms with Crippen molar-refractivity contribution in [2.75, 3.05) is 13.2 Å². The lowest BCUT2D eigenvalue weighted by Gasteiger charge is -2.19. The maximum atomic E-state index is 13.4. The van der Waals surface area contributed by atoms with Crippen LogP contribution >= 0.6 is 0 Å². The van der Waals surface area contributed by atoms with Crippen LogP contribution in [-0.2, 0) is 6.42 Å². The third-order valence-electron chi connectivity index (χ3n) is 3.46. The summed E-state index contributed by atoms with van der Waals surface area (Å²) in [5.74, 6) is 0.672. The number of rotatable bonds is 7. The molecule has 1 unspecified atom stereocenters. The van der Waals surface area contributed by atoms with E-state index in [9.17, 15) is 4.39 Å². The third-order valence-corrected chi connectivity index (χ3v) is 3.46. The summed E-state index contributed by atoms with van der Waals surface area (Å²) in [5, 5.41) is 3.40. The Balaban J connectivity index is 2.00. The minimum Gasteiger partial charge on any atom is -0.492 e. The van der Waals surface area contributed by atoms with Crippen molar-refractivity contribution in [3.8, 4) is 5.75 Å². The van der Waals surface area contributed by atoms with E-state index in [0.717, 1.165) is 29.8 Å². The molecule has 3 heteroatoms. The van der Waals surface area contributed by atoms with Crippen molar-refractivity contribution in [1.82, 2.24) is 5.32 Å². The van der Waals surface area contributed by atoms with Crippen LogP contribution in [0.2, 0.25) is 0 Å². The summed E-state index contributed by atoms with van der Waals surface area (Å²) < 4.78 is 19.2. The minimum absolute atomic E-state index is 0.163. The SMILES string of the molecule is CCNC(COc1ccccc1)Cc1cc(F)ccc1C. The molecule has 2 aromatic carbocycles. The Hall–Kier alpha value is -1.87. The van der Waals surface area contributed by atoms with Gasteiger partial charge in [-0.05, 0) is 55.3 Å². The van der Waals surface area contributed by atoms with Gasteiger partial charge in [0.1, 0.15) is 18.2 Å². The van der Waals surface area contributed by atoms with Gasteiger partial charge in [-0.3, -0.25) is 0 Å². The molecule has 0 heterocycles. The number of aryl methyl sites for hydroxylation is 1. The maximum Gasteiger partial charge on any atom is 0.123 e. The first-order valence-electron chi connectivity index (χ1n) is 7.35. The van der Waals surface area contributed by atoms with E-state index in [1.807, 2.05) is 43.3 Å². The Bertz CT molecular complexity index is 556. The van der Waals surface area contributed by atoms with Gasteiger partial charge in [0.05, 0.1) is 0 Å². The van der Waals surface area contributed by atoms with Crippen LogP contribution in [0.4, 0.5) is 4.39 Å². The number of ether oxygens (including phenoxy) is 1. The largest absolute Gasteiger partial charge is 0.492 e. The first kappa shape index (κ1) is 15.5. The van der Waals surface area contributed by atoms with Crippen molar-refractivity contribution in [3.63, 3.8) is 0 Å². The van der Waals surface area contributed by atoms with Crippen LogP contribution in [0.25, 0.3) is 0 Å². The summed E-state index contributed by atoms with van der Waals surface area (Å²) in [6.45, 7) is 5.49. The topological polar surface area (TPSA) is 21.3 Å². The number of para-hydroxylation sites is 1. The van der Waals surface area contributed by atoms with Gasteiger partial charge in [-0.1, -0.05) is 31.2 Å². The Kier molecular flexibility index (Phi) is 5.76. The molecule has 1 atom stereocenters. The molecular weight excluding hydrogens is 265 g/mol. The van der Waals surface area contributed by atoms with E-state index >= 15 is 0 Å². The molecule has 0 aromatic heterocycles. The van der Waals surface area contributed by atoms with E-state index < -0.39 is 0 Å². The quantitative estimate of drug-likeness (QED) is 0.837. The number of hydrogen-bond acceptors (Lipinski definition) is 2. The summed E-state index contributed by atoms with van der Waals surface area (Å²) in [6.07, 6.45) is 0.754. The van der Waals surface area contributed by atoms with E-state index in [2.05, 4.69) is 12.2 Å². The molecule has 0 amide bonds. The molecule has 0 saturated carbocycles. The van der Waals surface area contributed by atoms with E-state index in [-0.39, 0.29) is 11.9 Å². The molecule has 0 fully saturated rings. The molecule has 112 valence electrons. The fourth-order valence-corrected chi connectivity index (χ4v) is 2.32. The zero-order chi connectivity index (χ0) is 15.1. The van der Waals surface area contributed by atoms with E-state index in [4.69, 9.17) is 4.74 Å². The summed E-state index contributed by atoms with van der Waals surface area (Å²) >= 11 is 0. The van der Waals surface area contributed by atoms with Gasteiger partial charge in [0.25, 0.3) is 0 Å². The van der Waals surface area contributed by atoms with Crippen LogP contribution < -0.4 is 10.1 Å². The van der Waals surface area contributed by atoms with Gasteiger partial charge in [0.15, 0.2) is 0 Å².